The maximum absolute atomic E-state index is 13.4. The molecule has 2 aromatic carbocycles. The Morgan fingerprint density at radius 3 is 2.50 bits per heavy atom. The average molecular weight is 413 g/mol. The Kier molecular flexibility index (Phi) is 7.79. The summed E-state index contributed by atoms with van der Waals surface area (Å²) in [7, 11) is 0. The monoisotopic (exact) mass is 412 g/mol. The lowest BCUT2D eigenvalue weighted by molar-refractivity contribution is -0.133. The van der Waals surface area contributed by atoms with E-state index in [2.05, 4.69) is 15.5 Å². The van der Waals surface area contributed by atoms with E-state index >= 15 is 0 Å². The summed E-state index contributed by atoms with van der Waals surface area (Å²) in [5.41, 5.74) is 1.55. The fourth-order valence-electron chi connectivity index (χ4n) is 3.63. The molecule has 160 valence electrons. The van der Waals surface area contributed by atoms with Gasteiger partial charge in [-0.05, 0) is 49.6 Å². The van der Waals surface area contributed by atoms with Crippen LogP contribution in [-0.2, 0) is 11.3 Å². The summed E-state index contributed by atoms with van der Waals surface area (Å²) in [4.78, 5) is 28.7. The number of carbonyl (C=O) groups is 2. The van der Waals surface area contributed by atoms with Crippen molar-refractivity contribution in [1.29, 1.82) is 0 Å². The van der Waals surface area contributed by atoms with Gasteiger partial charge in [0.05, 0.1) is 6.54 Å². The summed E-state index contributed by atoms with van der Waals surface area (Å²) < 4.78 is 13.4. The predicted octanol–water partition coefficient (Wildman–Crippen LogP) is 3.46. The number of nitrogens with zero attached hydrogens (tertiary/aromatic N) is 2. The number of urea groups is 1. The molecule has 2 aromatic rings. The summed E-state index contributed by atoms with van der Waals surface area (Å²) in [6.45, 7) is 4.75. The lowest BCUT2D eigenvalue weighted by atomic mass is 10.1. The molecule has 0 aliphatic carbocycles. The molecule has 1 aliphatic rings. The Morgan fingerprint density at radius 2 is 1.83 bits per heavy atom. The quantitative estimate of drug-likeness (QED) is 0.732. The third-order valence-corrected chi connectivity index (χ3v) is 5.31. The minimum Gasteiger partial charge on any atom is -0.338 e. The first-order valence-electron chi connectivity index (χ1n) is 10.4. The summed E-state index contributed by atoms with van der Waals surface area (Å²) in [5.74, 6) is -0.253. The fourth-order valence-corrected chi connectivity index (χ4v) is 3.63. The third-order valence-electron chi connectivity index (χ3n) is 5.31. The Morgan fingerprint density at radius 1 is 1.10 bits per heavy atom. The van der Waals surface area contributed by atoms with Gasteiger partial charge in [0.2, 0.25) is 5.91 Å². The van der Waals surface area contributed by atoms with Crippen LogP contribution in [0.25, 0.3) is 0 Å². The molecule has 3 rings (SSSR count). The zero-order chi connectivity index (χ0) is 21.3. The Labute approximate surface area is 177 Å². The molecule has 0 bridgehead atoms. The van der Waals surface area contributed by atoms with Gasteiger partial charge in [0.1, 0.15) is 5.82 Å². The van der Waals surface area contributed by atoms with Crippen LogP contribution in [0.1, 0.15) is 25.3 Å². The van der Waals surface area contributed by atoms with Gasteiger partial charge < -0.3 is 15.5 Å². The number of hydrogen-bond donors (Lipinski definition) is 2. The van der Waals surface area contributed by atoms with E-state index in [1.165, 1.54) is 12.1 Å². The van der Waals surface area contributed by atoms with Crippen molar-refractivity contribution in [2.75, 3.05) is 31.5 Å². The molecule has 2 N–H and O–H groups in total. The van der Waals surface area contributed by atoms with Gasteiger partial charge in [-0.2, -0.15) is 0 Å². The maximum Gasteiger partial charge on any atom is 0.319 e. The molecule has 0 radical (unpaired) electrons. The van der Waals surface area contributed by atoms with Gasteiger partial charge in [-0.15, -0.1) is 0 Å². The second kappa shape index (κ2) is 10.7. The van der Waals surface area contributed by atoms with E-state index in [1.54, 1.807) is 11.0 Å². The first-order chi connectivity index (χ1) is 14.5. The largest absolute Gasteiger partial charge is 0.338 e. The van der Waals surface area contributed by atoms with E-state index < -0.39 is 0 Å². The van der Waals surface area contributed by atoms with Crippen LogP contribution in [0, 0.1) is 5.82 Å². The number of amides is 3. The first kappa shape index (κ1) is 21.8. The van der Waals surface area contributed by atoms with Crippen molar-refractivity contribution in [3.05, 3.63) is 66.0 Å². The number of benzene rings is 2. The number of anilines is 1. The second-order valence-electron chi connectivity index (χ2n) is 7.55. The van der Waals surface area contributed by atoms with Crippen LogP contribution in [0.5, 0.6) is 0 Å². The summed E-state index contributed by atoms with van der Waals surface area (Å²) in [6.07, 6.45) is 1.59. The number of para-hydroxylation sites is 1. The normalized spacial score (nSPS) is 14.9. The molecule has 0 saturated carbocycles. The highest BCUT2D eigenvalue weighted by Gasteiger charge is 2.23. The Bertz CT molecular complexity index is 838. The number of piperidine rings is 1. The van der Waals surface area contributed by atoms with Crippen LogP contribution in [0.2, 0.25) is 0 Å². The molecule has 0 unspecified atom stereocenters. The number of hydrogen-bond acceptors (Lipinski definition) is 3. The molecule has 1 saturated heterocycles. The second-order valence-corrected chi connectivity index (χ2v) is 7.55. The highest BCUT2D eigenvalue weighted by Crippen LogP contribution is 2.13. The number of halogens is 1. The predicted molar refractivity (Wildman–Crippen MR) is 116 cm³/mol. The lowest BCUT2D eigenvalue weighted by Crippen LogP contribution is -2.48. The molecule has 1 heterocycles. The molecule has 7 heteroatoms. The van der Waals surface area contributed by atoms with E-state index in [4.69, 9.17) is 0 Å². The molecule has 3 amide bonds. The van der Waals surface area contributed by atoms with E-state index in [0.29, 0.717) is 19.6 Å². The molecule has 30 heavy (non-hydrogen) atoms. The zero-order valence-electron chi connectivity index (χ0n) is 17.3. The number of rotatable bonds is 7. The molecular weight excluding hydrogens is 383 g/mol. The van der Waals surface area contributed by atoms with Crippen molar-refractivity contribution in [3.63, 3.8) is 0 Å². The van der Waals surface area contributed by atoms with Crippen LogP contribution in [-0.4, -0.2) is 54.0 Å². The molecule has 0 spiro atoms. The topological polar surface area (TPSA) is 64.7 Å². The summed E-state index contributed by atoms with van der Waals surface area (Å²) >= 11 is 0. The molecule has 0 aromatic heterocycles. The van der Waals surface area contributed by atoms with E-state index in [1.807, 2.05) is 43.3 Å². The molecule has 6 nitrogen and oxygen atoms in total. The third kappa shape index (κ3) is 6.56. The van der Waals surface area contributed by atoms with Crippen LogP contribution in [0.15, 0.2) is 54.6 Å². The first-order valence-corrected chi connectivity index (χ1v) is 10.4. The average Bonchev–Trinajstić information content (AvgIpc) is 2.74. The standard InChI is InChI=1S/C23H29FN4O2/c1-2-28(16-18-7-6-8-19(24)15-18)22(29)17-27-13-11-21(12-14-27)26-23(30)25-20-9-4-3-5-10-20/h3-10,15,21H,2,11-14,16-17H2,1H3,(H2,25,26,30). The molecule has 1 aliphatic heterocycles. The molecule has 0 atom stereocenters. The van der Waals surface area contributed by atoms with Crippen LogP contribution in [0.3, 0.4) is 0 Å². The van der Waals surface area contributed by atoms with Crippen molar-refractivity contribution in [3.8, 4) is 0 Å². The van der Waals surface area contributed by atoms with Gasteiger partial charge in [0.25, 0.3) is 0 Å². The lowest BCUT2D eigenvalue weighted by Gasteiger charge is -2.33. The summed E-state index contributed by atoms with van der Waals surface area (Å²) in [5, 5.41) is 5.84. The Hall–Kier alpha value is -2.93. The minimum atomic E-state index is -0.290. The van der Waals surface area contributed by atoms with Gasteiger partial charge >= 0.3 is 6.03 Å². The highest BCUT2D eigenvalue weighted by atomic mass is 19.1. The van der Waals surface area contributed by atoms with Gasteiger partial charge in [-0.3, -0.25) is 9.69 Å². The van der Waals surface area contributed by atoms with Crippen LogP contribution in [0.4, 0.5) is 14.9 Å². The molecule has 1 fully saturated rings. The van der Waals surface area contributed by atoms with Crippen LogP contribution < -0.4 is 10.6 Å². The van der Waals surface area contributed by atoms with Crippen molar-refractivity contribution in [2.24, 2.45) is 0 Å². The Balaban J connectivity index is 1.42. The number of likely N-dealkylation sites (N-methyl/N-ethyl adjacent to an activating group) is 1. The highest BCUT2D eigenvalue weighted by molar-refractivity contribution is 5.89. The van der Waals surface area contributed by atoms with Crippen molar-refractivity contribution in [2.45, 2.75) is 32.4 Å². The SMILES string of the molecule is CCN(Cc1cccc(F)c1)C(=O)CN1CCC(NC(=O)Nc2ccccc2)CC1. The van der Waals surface area contributed by atoms with Crippen molar-refractivity contribution >= 4 is 17.6 Å². The zero-order valence-corrected chi connectivity index (χ0v) is 17.3. The van der Waals surface area contributed by atoms with E-state index in [0.717, 1.165) is 37.2 Å². The minimum absolute atomic E-state index is 0.0370. The number of carbonyl (C=O) groups excluding carboxylic acids is 2. The van der Waals surface area contributed by atoms with E-state index in [9.17, 15) is 14.0 Å². The van der Waals surface area contributed by atoms with Gasteiger partial charge in [0.15, 0.2) is 0 Å². The van der Waals surface area contributed by atoms with Crippen molar-refractivity contribution < 1.29 is 14.0 Å². The maximum atomic E-state index is 13.4. The number of nitrogens with one attached hydrogen (secondary N) is 2. The van der Waals surface area contributed by atoms with Gasteiger partial charge in [-0.1, -0.05) is 30.3 Å². The van der Waals surface area contributed by atoms with Gasteiger partial charge in [0, 0.05) is 37.9 Å². The molecular formula is C23H29FN4O2. The summed E-state index contributed by atoms with van der Waals surface area (Å²) in [6, 6.07) is 15.6. The van der Waals surface area contributed by atoms with Gasteiger partial charge in [-0.25, -0.2) is 9.18 Å². The number of likely N-dealkylation sites (tertiary alicyclic amines) is 1. The smallest absolute Gasteiger partial charge is 0.319 e. The fraction of sp³-hybridized carbons (Fsp3) is 0.391. The van der Waals surface area contributed by atoms with Crippen molar-refractivity contribution in [1.82, 2.24) is 15.1 Å². The van der Waals surface area contributed by atoms with Crippen LogP contribution >= 0.6 is 0 Å². The van der Waals surface area contributed by atoms with E-state index in [-0.39, 0.29) is 23.8 Å².